The maximum atomic E-state index is 12.5. The molecule has 160 valence electrons. The van der Waals surface area contributed by atoms with Crippen molar-refractivity contribution in [2.45, 2.75) is 20.8 Å². The van der Waals surface area contributed by atoms with Gasteiger partial charge in [-0.05, 0) is 43.2 Å². The molecule has 4 rings (SSSR count). The van der Waals surface area contributed by atoms with Crippen molar-refractivity contribution in [2.24, 2.45) is 5.92 Å². The van der Waals surface area contributed by atoms with Gasteiger partial charge in [-0.3, -0.25) is 19.5 Å². The topological polar surface area (TPSA) is 81.6 Å². The lowest BCUT2D eigenvalue weighted by Gasteiger charge is -2.29. The van der Waals surface area contributed by atoms with Gasteiger partial charge >= 0.3 is 5.97 Å². The number of nitrogens with zero attached hydrogens (tertiary/aromatic N) is 3. The molecule has 0 saturated carbocycles. The van der Waals surface area contributed by atoms with Crippen molar-refractivity contribution in [2.75, 3.05) is 24.7 Å². The summed E-state index contributed by atoms with van der Waals surface area (Å²) in [6.07, 6.45) is 1.74. The fourth-order valence-corrected chi connectivity index (χ4v) is 4.13. The minimum Gasteiger partial charge on any atom is -0.482 e. The molecule has 1 aromatic carbocycles. The number of amides is 1. The fraction of sp³-hybridized carbons (Fsp3) is 0.304. The third-order valence-electron chi connectivity index (χ3n) is 4.72. The van der Waals surface area contributed by atoms with E-state index in [4.69, 9.17) is 14.5 Å². The van der Waals surface area contributed by atoms with E-state index in [2.05, 4.69) is 4.98 Å². The number of benzene rings is 1. The number of anilines is 1. The first kappa shape index (κ1) is 21.0. The van der Waals surface area contributed by atoms with E-state index in [0.717, 1.165) is 26.8 Å². The van der Waals surface area contributed by atoms with Gasteiger partial charge in [0.15, 0.2) is 6.61 Å². The van der Waals surface area contributed by atoms with Crippen LogP contribution in [0.15, 0.2) is 42.6 Å². The standard InChI is InChI=1S/C23H23N3O4S/c1-14(2)12-30-21(28)11-26-18-10-16(7-8-19(18)29-13-20(26)27)22-15(3)31-23(25-22)17-6-4-5-9-24-17/h4-10,14H,11-13H2,1-3H3. The number of aryl methyl sites for hydroxylation is 1. The van der Waals surface area contributed by atoms with Gasteiger partial charge in [0, 0.05) is 16.6 Å². The molecule has 1 aliphatic heterocycles. The van der Waals surface area contributed by atoms with Gasteiger partial charge in [0.25, 0.3) is 5.91 Å². The molecule has 8 heteroatoms. The largest absolute Gasteiger partial charge is 0.482 e. The van der Waals surface area contributed by atoms with E-state index in [9.17, 15) is 9.59 Å². The van der Waals surface area contributed by atoms with Crippen LogP contribution in [0.1, 0.15) is 18.7 Å². The highest BCUT2D eigenvalue weighted by atomic mass is 32.1. The van der Waals surface area contributed by atoms with Crippen LogP contribution in [0.2, 0.25) is 0 Å². The Labute approximate surface area is 184 Å². The lowest BCUT2D eigenvalue weighted by Crippen LogP contribution is -2.42. The van der Waals surface area contributed by atoms with Gasteiger partial charge < -0.3 is 9.47 Å². The fourth-order valence-electron chi connectivity index (χ4n) is 3.22. The second-order valence-corrected chi connectivity index (χ2v) is 8.87. The Morgan fingerprint density at radius 1 is 1.29 bits per heavy atom. The predicted octanol–water partition coefficient (Wildman–Crippen LogP) is 4.11. The number of thiazole rings is 1. The van der Waals surface area contributed by atoms with Gasteiger partial charge in [-0.25, -0.2) is 4.98 Å². The van der Waals surface area contributed by atoms with Crippen LogP contribution in [0.25, 0.3) is 22.0 Å². The molecule has 0 radical (unpaired) electrons. The number of hydrogen-bond donors (Lipinski definition) is 0. The molecule has 0 bridgehead atoms. The number of fused-ring (bicyclic) bond motifs is 1. The van der Waals surface area contributed by atoms with Crippen LogP contribution in [0, 0.1) is 12.8 Å². The minimum atomic E-state index is -0.442. The summed E-state index contributed by atoms with van der Waals surface area (Å²) in [7, 11) is 0. The number of hydrogen-bond acceptors (Lipinski definition) is 7. The normalized spacial score (nSPS) is 13.2. The summed E-state index contributed by atoms with van der Waals surface area (Å²) in [5, 5.41) is 0.826. The molecule has 0 atom stereocenters. The molecule has 3 heterocycles. The smallest absolute Gasteiger partial charge is 0.326 e. The molecule has 31 heavy (non-hydrogen) atoms. The average molecular weight is 438 g/mol. The number of esters is 1. The Kier molecular flexibility index (Phi) is 5.99. The minimum absolute atomic E-state index is 0.108. The van der Waals surface area contributed by atoms with E-state index in [0.29, 0.717) is 18.0 Å². The molecule has 0 aliphatic carbocycles. The summed E-state index contributed by atoms with van der Waals surface area (Å²) in [6.45, 7) is 5.98. The molecule has 3 aromatic rings. The zero-order valence-corrected chi connectivity index (χ0v) is 18.4. The molecular weight excluding hydrogens is 414 g/mol. The van der Waals surface area contributed by atoms with Crippen LogP contribution < -0.4 is 9.64 Å². The number of carbonyl (C=O) groups excluding carboxylic acids is 2. The number of aromatic nitrogens is 2. The zero-order valence-electron chi connectivity index (χ0n) is 17.6. The summed E-state index contributed by atoms with van der Waals surface area (Å²) in [4.78, 5) is 36.4. The van der Waals surface area contributed by atoms with Crippen LogP contribution in [0.5, 0.6) is 5.75 Å². The van der Waals surface area contributed by atoms with Crippen molar-refractivity contribution in [1.29, 1.82) is 0 Å². The van der Waals surface area contributed by atoms with Crippen molar-refractivity contribution in [3.05, 3.63) is 47.5 Å². The van der Waals surface area contributed by atoms with Gasteiger partial charge in [0.2, 0.25) is 0 Å². The van der Waals surface area contributed by atoms with Gasteiger partial charge in [0.05, 0.1) is 23.7 Å². The number of pyridine rings is 1. The molecule has 1 amide bonds. The van der Waals surface area contributed by atoms with Gasteiger partial charge in [0.1, 0.15) is 17.3 Å². The number of carbonyl (C=O) groups is 2. The monoisotopic (exact) mass is 437 g/mol. The molecule has 0 N–H and O–H groups in total. The highest BCUT2D eigenvalue weighted by Gasteiger charge is 2.29. The summed E-state index contributed by atoms with van der Waals surface area (Å²) >= 11 is 1.56. The predicted molar refractivity (Wildman–Crippen MR) is 119 cm³/mol. The van der Waals surface area contributed by atoms with Crippen LogP contribution >= 0.6 is 11.3 Å². The SMILES string of the molecule is Cc1sc(-c2ccccn2)nc1-c1ccc2c(c1)N(CC(=O)OCC(C)C)C(=O)CO2. The maximum Gasteiger partial charge on any atom is 0.326 e. The quantitative estimate of drug-likeness (QED) is 0.540. The molecule has 0 saturated heterocycles. The van der Waals surface area contributed by atoms with Crippen molar-refractivity contribution in [3.63, 3.8) is 0 Å². The third-order valence-corrected chi connectivity index (χ3v) is 5.71. The molecular formula is C23H23N3O4S. The van der Waals surface area contributed by atoms with Crippen molar-refractivity contribution < 1.29 is 19.1 Å². The third kappa shape index (κ3) is 4.59. The van der Waals surface area contributed by atoms with E-state index < -0.39 is 5.97 Å². The van der Waals surface area contributed by atoms with Crippen LogP contribution in [-0.2, 0) is 14.3 Å². The van der Waals surface area contributed by atoms with Gasteiger partial charge in [-0.2, -0.15) is 0 Å². The first-order valence-electron chi connectivity index (χ1n) is 10.0. The van der Waals surface area contributed by atoms with Crippen molar-refractivity contribution >= 4 is 28.9 Å². The molecule has 7 nitrogen and oxygen atoms in total. The Morgan fingerprint density at radius 3 is 2.87 bits per heavy atom. The summed E-state index contributed by atoms with van der Waals surface area (Å²) in [5.74, 6) is 0.0555. The van der Waals surface area contributed by atoms with Crippen molar-refractivity contribution in [3.8, 4) is 27.7 Å². The lowest BCUT2D eigenvalue weighted by molar-refractivity contribution is -0.144. The second kappa shape index (κ2) is 8.85. The van der Waals surface area contributed by atoms with Crippen molar-refractivity contribution in [1.82, 2.24) is 9.97 Å². The highest BCUT2D eigenvalue weighted by Crippen LogP contribution is 2.38. The number of rotatable bonds is 6. The van der Waals surface area contributed by atoms with E-state index in [1.165, 1.54) is 4.90 Å². The van der Waals surface area contributed by atoms with Crippen LogP contribution in [0.4, 0.5) is 5.69 Å². The van der Waals surface area contributed by atoms with Crippen LogP contribution in [0.3, 0.4) is 0 Å². The molecule has 2 aromatic heterocycles. The zero-order chi connectivity index (χ0) is 22.0. The Balaban J connectivity index is 1.64. The Bertz CT molecular complexity index is 1110. The van der Waals surface area contributed by atoms with Gasteiger partial charge in [-0.1, -0.05) is 19.9 Å². The molecule has 0 unspecified atom stereocenters. The average Bonchev–Trinajstić information content (AvgIpc) is 3.16. The first-order chi connectivity index (χ1) is 14.9. The molecule has 1 aliphatic rings. The Morgan fingerprint density at radius 2 is 2.13 bits per heavy atom. The van der Waals surface area contributed by atoms with Crippen LogP contribution in [-0.4, -0.2) is 41.6 Å². The summed E-state index contributed by atoms with van der Waals surface area (Å²) in [6, 6.07) is 11.3. The van der Waals surface area contributed by atoms with E-state index in [-0.39, 0.29) is 25.0 Å². The number of ether oxygens (including phenoxy) is 2. The summed E-state index contributed by atoms with van der Waals surface area (Å²) in [5.41, 5.74) is 3.01. The molecule has 0 fully saturated rings. The Hall–Kier alpha value is -3.26. The van der Waals surface area contributed by atoms with E-state index in [1.54, 1.807) is 17.5 Å². The molecule has 0 spiro atoms. The van der Waals surface area contributed by atoms with Gasteiger partial charge in [-0.15, -0.1) is 11.3 Å². The lowest BCUT2D eigenvalue weighted by atomic mass is 10.1. The van der Waals surface area contributed by atoms with E-state index in [1.807, 2.05) is 57.2 Å². The highest BCUT2D eigenvalue weighted by molar-refractivity contribution is 7.15. The second-order valence-electron chi connectivity index (χ2n) is 7.67. The first-order valence-corrected chi connectivity index (χ1v) is 10.9. The summed E-state index contributed by atoms with van der Waals surface area (Å²) < 4.78 is 10.8. The maximum absolute atomic E-state index is 12.5. The van der Waals surface area contributed by atoms with E-state index >= 15 is 0 Å².